The van der Waals surface area contributed by atoms with Crippen molar-refractivity contribution >= 4 is 0 Å². The fraction of sp³-hybridized carbons (Fsp3) is 1.00. The molecule has 0 aliphatic carbocycles. The molecule has 1 unspecified atom stereocenters. The van der Waals surface area contributed by atoms with Crippen LogP contribution in [0.25, 0.3) is 0 Å². The monoisotopic (exact) mass is 269 g/mol. The summed E-state index contributed by atoms with van der Waals surface area (Å²) >= 11 is 0. The zero-order chi connectivity index (χ0) is 14.5. The first kappa shape index (κ1) is 16.9. The Morgan fingerprint density at radius 3 is 2.32 bits per heavy atom. The average Bonchev–Trinajstić information content (AvgIpc) is 2.59. The number of rotatable bonds is 6. The van der Waals surface area contributed by atoms with E-state index >= 15 is 0 Å². The molecule has 0 amide bonds. The number of nitrogens with two attached hydrogens (primary N) is 1. The van der Waals surface area contributed by atoms with Gasteiger partial charge in [-0.05, 0) is 52.1 Å². The van der Waals surface area contributed by atoms with Crippen LogP contribution in [0.1, 0.15) is 53.9 Å². The molecule has 0 aromatic carbocycles. The normalized spacial score (nSPS) is 26.4. The van der Waals surface area contributed by atoms with Crippen LogP contribution in [-0.2, 0) is 0 Å². The molecule has 0 aromatic heterocycles. The summed E-state index contributed by atoms with van der Waals surface area (Å²) in [6.07, 6.45) is 3.76. The Bertz CT molecular complexity index is 252. The van der Waals surface area contributed by atoms with Crippen molar-refractivity contribution in [2.45, 2.75) is 65.5 Å². The molecule has 1 aliphatic heterocycles. The maximum Gasteiger partial charge on any atom is 0.0344 e. The minimum absolute atomic E-state index is 0.239. The van der Waals surface area contributed by atoms with E-state index in [4.69, 9.17) is 5.73 Å². The van der Waals surface area contributed by atoms with Gasteiger partial charge < -0.3 is 10.6 Å². The molecule has 1 atom stereocenters. The van der Waals surface area contributed by atoms with Crippen LogP contribution in [0.15, 0.2) is 0 Å². The van der Waals surface area contributed by atoms with Crippen molar-refractivity contribution in [1.82, 2.24) is 9.80 Å². The number of likely N-dealkylation sites (N-methyl/N-ethyl adjacent to an activating group) is 1. The van der Waals surface area contributed by atoms with Gasteiger partial charge >= 0.3 is 0 Å². The van der Waals surface area contributed by atoms with Crippen molar-refractivity contribution in [1.29, 1.82) is 0 Å². The van der Waals surface area contributed by atoms with Gasteiger partial charge in [0.15, 0.2) is 0 Å². The lowest BCUT2D eigenvalue weighted by atomic mass is 9.87. The predicted molar refractivity (Wildman–Crippen MR) is 84.4 cm³/mol. The van der Waals surface area contributed by atoms with Gasteiger partial charge in [-0.2, -0.15) is 0 Å². The summed E-state index contributed by atoms with van der Waals surface area (Å²) < 4.78 is 0. The molecule has 1 rings (SSSR count). The number of nitrogens with zero attached hydrogens (tertiary/aromatic N) is 2. The quantitative estimate of drug-likeness (QED) is 0.804. The van der Waals surface area contributed by atoms with Crippen LogP contribution in [0.4, 0.5) is 0 Å². The van der Waals surface area contributed by atoms with E-state index in [1.54, 1.807) is 0 Å². The fourth-order valence-electron chi connectivity index (χ4n) is 3.46. The van der Waals surface area contributed by atoms with Gasteiger partial charge in [0.1, 0.15) is 0 Å². The second-order valence-electron chi connectivity index (χ2n) is 6.84. The molecule has 1 heterocycles. The third-order valence-electron chi connectivity index (χ3n) is 4.70. The van der Waals surface area contributed by atoms with Crippen molar-refractivity contribution in [3.8, 4) is 0 Å². The molecular weight excluding hydrogens is 234 g/mol. The van der Waals surface area contributed by atoms with E-state index in [-0.39, 0.29) is 5.54 Å². The van der Waals surface area contributed by atoms with Crippen LogP contribution in [0.2, 0.25) is 0 Å². The highest BCUT2D eigenvalue weighted by Gasteiger charge is 2.36. The maximum absolute atomic E-state index is 6.22. The molecular formula is C16H35N3. The summed E-state index contributed by atoms with van der Waals surface area (Å²) in [5, 5.41) is 0. The van der Waals surface area contributed by atoms with E-state index in [9.17, 15) is 0 Å². The number of hydrogen-bond donors (Lipinski definition) is 1. The molecule has 19 heavy (non-hydrogen) atoms. The maximum atomic E-state index is 6.22. The molecule has 3 nitrogen and oxygen atoms in total. The van der Waals surface area contributed by atoms with Crippen molar-refractivity contribution in [3.05, 3.63) is 0 Å². The Morgan fingerprint density at radius 1 is 1.16 bits per heavy atom. The largest absolute Gasteiger partial charge is 0.329 e. The van der Waals surface area contributed by atoms with Gasteiger partial charge in [-0.3, -0.25) is 4.90 Å². The zero-order valence-electron chi connectivity index (χ0n) is 13.8. The van der Waals surface area contributed by atoms with Gasteiger partial charge in [-0.1, -0.05) is 20.8 Å². The highest BCUT2D eigenvalue weighted by molar-refractivity contribution is 4.95. The van der Waals surface area contributed by atoms with Crippen molar-refractivity contribution < 1.29 is 0 Å². The molecule has 0 saturated carbocycles. The van der Waals surface area contributed by atoms with E-state index < -0.39 is 0 Å². The number of likely N-dealkylation sites (tertiary alicyclic amines) is 1. The lowest BCUT2D eigenvalue weighted by molar-refractivity contribution is 0.0702. The molecule has 0 radical (unpaired) electrons. The molecule has 1 aliphatic rings. The Labute approximate surface area is 120 Å². The van der Waals surface area contributed by atoms with E-state index in [1.165, 1.54) is 38.9 Å². The van der Waals surface area contributed by atoms with Crippen LogP contribution in [0.3, 0.4) is 0 Å². The summed E-state index contributed by atoms with van der Waals surface area (Å²) in [5.41, 5.74) is 6.46. The van der Waals surface area contributed by atoms with Crippen LogP contribution < -0.4 is 5.73 Å². The van der Waals surface area contributed by atoms with Crippen LogP contribution in [0.5, 0.6) is 0 Å². The summed E-state index contributed by atoms with van der Waals surface area (Å²) in [5.74, 6) is 0.716. The fourth-order valence-corrected chi connectivity index (χ4v) is 3.46. The van der Waals surface area contributed by atoms with E-state index in [1.807, 2.05) is 0 Å². The Balaban J connectivity index is 2.78. The summed E-state index contributed by atoms with van der Waals surface area (Å²) in [4.78, 5) is 5.27. The molecule has 0 bridgehead atoms. The van der Waals surface area contributed by atoms with Crippen molar-refractivity contribution in [2.75, 3.05) is 32.7 Å². The topological polar surface area (TPSA) is 32.5 Å². The first-order chi connectivity index (χ1) is 8.95. The Hall–Kier alpha value is -0.120. The highest BCUT2D eigenvalue weighted by atomic mass is 15.2. The van der Waals surface area contributed by atoms with Crippen molar-refractivity contribution in [3.63, 3.8) is 0 Å². The molecule has 0 aromatic rings. The predicted octanol–water partition coefficient (Wildman–Crippen LogP) is 2.56. The molecule has 0 spiro atoms. The third kappa shape index (κ3) is 4.44. The second-order valence-corrected chi connectivity index (χ2v) is 6.84. The lowest BCUT2D eigenvalue weighted by Crippen LogP contribution is -2.55. The van der Waals surface area contributed by atoms with Gasteiger partial charge in [0.25, 0.3) is 0 Å². The van der Waals surface area contributed by atoms with Gasteiger partial charge in [0.2, 0.25) is 0 Å². The third-order valence-corrected chi connectivity index (χ3v) is 4.70. The smallest absolute Gasteiger partial charge is 0.0344 e. The van der Waals surface area contributed by atoms with E-state index in [0.717, 1.165) is 13.1 Å². The van der Waals surface area contributed by atoms with Gasteiger partial charge in [-0.25, -0.2) is 0 Å². The minimum atomic E-state index is 0.239. The SMILES string of the molecule is CCN(CC(C)C)C1(CN)CCCN(C(C)C)CC1. The second kappa shape index (κ2) is 7.61. The standard InChI is InChI=1S/C16H35N3/c1-6-19(12-14(2)3)16(13-17)8-7-10-18(11-9-16)15(4)5/h14-15H,6-13,17H2,1-5H3. The zero-order valence-corrected chi connectivity index (χ0v) is 13.8. The molecule has 1 saturated heterocycles. The summed E-state index contributed by atoms with van der Waals surface area (Å²) in [6, 6.07) is 0.661. The molecule has 3 heteroatoms. The first-order valence-corrected chi connectivity index (χ1v) is 8.14. The molecule has 2 N–H and O–H groups in total. The summed E-state index contributed by atoms with van der Waals surface area (Å²) in [7, 11) is 0. The van der Waals surface area contributed by atoms with Crippen LogP contribution in [0, 0.1) is 5.92 Å². The lowest BCUT2D eigenvalue weighted by Gasteiger charge is -2.43. The minimum Gasteiger partial charge on any atom is -0.329 e. The summed E-state index contributed by atoms with van der Waals surface area (Å²) in [6.45, 7) is 17.1. The average molecular weight is 269 g/mol. The van der Waals surface area contributed by atoms with Crippen LogP contribution >= 0.6 is 0 Å². The molecule has 1 fully saturated rings. The highest BCUT2D eigenvalue weighted by Crippen LogP contribution is 2.29. The van der Waals surface area contributed by atoms with Crippen molar-refractivity contribution in [2.24, 2.45) is 11.7 Å². The van der Waals surface area contributed by atoms with Gasteiger partial charge in [0, 0.05) is 31.2 Å². The van der Waals surface area contributed by atoms with Gasteiger partial charge in [0.05, 0.1) is 0 Å². The van der Waals surface area contributed by atoms with Gasteiger partial charge in [-0.15, -0.1) is 0 Å². The molecule has 114 valence electrons. The van der Waals surface area contributed by atoms with E-state index in [2.05, 4.69) is 44.4 Å². The first-order valence-electron chi connectivity index (χ1n) is 8.14. The van der Waals surface area contributed by atoms with E-state index in [0.29, 0.717) is 12.0 Å². The Kier molecular flexibility index (Phi) is 6.78. The number of hydrogen-bond acceptors (Lipinski definition) is 3. The Morgan fingerprint density at radius 2 is 1.84 bits per heavy atom. The van der Waals surface area contributed by atoms with Crippen LogP contribution in [-0.4, -0.2) is 54.1 Å².